The van der Waals surface area contributed by atoms with Crippen molar-refractivity contribution in [2.75, 3.05) is 13.2 Å². The first-order chi connectivity index (χ1) is 10.9. The van der Waals surface area contributed by atoms with Gasteiger partial charge in [0.2, 0.25) is 0 Å². The normalized spacial score (nSPS) is 36.5. The highest BCUT2D eigenvalue weighted by molar-refractivity contribution is 5.65. The fraction of sp³-hybridized carbons (Fsp3) is 0.850. The summed E-state index contributed by atoms with van der Waals surface area (Å²) in [6.07, 6.45) is 9.02. The van der Waals surface area contributed by atoms with Crippen LogP contribution in [0.15, 0.2) is 11.6 Å². The molecule has 0 radical (unpaired) electrons. The summed E-state index contributed by atoms with van der Waals surface area (Å²) in [7, 11) is 0. The molecule has 5 atom stereocenters. The average molecular weight is 322 g/mol. The highest BCUT2D eigenvalue weighted by atomic mass is 16.5. The van der Waals surface area contributed by atoms with Crippen LogP contribution in [0.3, 0.4) is 0 Å². The van der Waals surface area contributed by atoms with E-state index in [1.54, 1.807) is 0 Å². The average Bonchev–Trinajstić information content (AvgIpc) is 2.49. The van der Waals surface area contributed by atoms with Crippen molar-refractivity contribution in [3.63, 3.8) is 0 Å². The fourth-order valence-corrected chi connectivity index (χ4v) is 4.66. The van der Waals surface area contributed by atoms with E-state index in [0.29, 0.717) is 37.1 Å². The quantitative estimate of drug-likeness (QED) is 0.385. The van der Waals surface area contributed by atoms with Gasteiger partial charge >= 0.3 is 5.97 Å². The SMILES string of the molecule is CCCCCC[C@@H]1OC[C@]2(COC(C)=O)[C@H](C)C=C(C)[C@H]1[C@@H]2C. The van der Waals surface area contributed by atoms with Crippen LogP contribution in [-0.4, -0.2) is 25.3 Å². The zero-order valence-electron chi connectivity index (χ0n) is 15.6. The van der Waals surface area contributed by atoms with Crippen molar-refractivity contribution in [2.45, 2.75) is 72.8 Å². The van der Waals surface area contributed by atoms with Gasteiger partial charge in [0, 0.05) is 18.3 Å². The molecule has 0 aromatic heterocycles. The minimum atomic E-state index is -0.191. The molecule has 3 nitrogen and oxygen atoms in total. The molecule has 2 bridgehead atoms. The largest absolute Gasteiger partial charge is 0.465 e. The number of fused-ring (bicyclic) bond motifs is 2. The number of allylic oxidation sites excluding steroid dienone is 1. The molecule has 2 rings (SSSR count). The summed E-state index contributed by atoms with van der Waals surface area (Å²) in [5.74, 6) is 1.15. The van der Waals surface area contributed by atoms with E-state index in [-0.39, 0.29) is 11.4 Å². The number of carbonyl (C=O) groups excluding carboxylic acids is 1. The Balaban J connectivity index is 2.11. The Kier molecular flexibility index (Phi) is 6.30. The van der Waals surface area contributed by atoms with E-state index < -0.39 is 0 Å². The van der Waals surface area contributed by atoms with Gasteiger partial charge in [-0.3, -0.25) is 4.79 Å². The molecule has 2 aliphatic rings. The number of hydrogen-bond acceptors (Lipinski definition) is 3. The van der Waals surface area contributed by atoms with Crippen LogP contribution >= 0.6 is 0 Å². The van der Waals surface area contributed by atoms with E-state index in [2.05, 4.69) is 33.8 Å². The summed E-state index contributed by atoms with van der Waals surface area (Å²) in [6.45, 7) is 11.8. The highest BCUT2D eigenvalue weighted by Crippen LogP contribution is 2.53. The fourth-order valence-electron chi connectivity index (χ4n) is 4.66. The van der Waals surface area contributed by atoms with Crippen molar-refractivity contribution in [2.24, 2.45) is 23.2 Å². The third kappa shape index (κ3) is 3.81. The zero-order valence-corrected chi connectivity index (χ0v) is 15.6. The monoisotopic (exact) mass is 322 g/mol. The molecule has 3 heteroatoms. The molecule has 0 N–H and O–H groups in total. The highest BCUT2D eigenvalue weighted by Gasteiger charge is 2.53. The van der Waals surface area contributed by atoms with Gasteiger partial charge in [-0.2, -0.15) is 0 Å². The van der Waals surface area contributed by atoms with Gasteiger partial charge in [-0.05, 0) is 25.2 Å². The van der Waals surface area contributed by atoms with Gasteiger partial charge in [0.05, 0.1) is 19.3 Å². The topological polar surface area (TPSA) is 35.5 Å². The molecule has 23 heavy (non-hydrogen) atoms. The van der Waals surface area contributed by atoms with Crippen LogP contribution in [0, 0.1) is 23.2 Å². The second-order valence-electron chi connectivity index (χ2n) is 7.73. The molecule has 1 fully saturated rings. The number of hydrogen-bond donors (Lipinski definition) is 0. The maximum Gasteiger partial charge on any atom is 0.302 e. The number of ether oxygens (including phenoxy) is 2. The Morgan fingerprint density at radius 3 is 2.74 bits per heavy atom. The standard InChI is InChI=1S/C20H34O3/c1-6-7-8-9-10-18-19-14(2)11-15(3)20(13-23-18,16(19)4)12-22-17(5)21/h11,15-16,18-19H,6-10,12-13H2,1-5H3/t15-,16+,18+,19+,20-/m1/s1. The summed E-state index contributed by atoms with van der Waals surface area (Å²) in [4.78, 5) is 11.3. The minimum absolute atomic E-state index is 0.0598. The van der Waals surface area contributed by atoms with Gasteiger partial charge < -0.3 is 9.47 Å². The van der Waals surface area contributed by atoms with Crippen molar-refractivity contribution in [1.82, 2.24) is 0 Å². The predicted molar refractivity (Wildman–Crippen MR) is 93.1 cm³/mol. The summed E-state index contributed by atoms with van der Waals surface area (Å²) in [6, 6.07) is 0. The summed E-state index contributed by atoms with van der Waals surface area (Å²) < 4.78 is 11.8. The lowest BCUT2D eigenvalue weighted by molar-refractivity contribution is -0.180. The summed E-state index contributed by atoms with van der Waals surface area (Å²) in [5, 5.41) is 0. The second-order valence-corrected chi connectivity index (χ2v) is 7.73. The number of rotatable bonds is 7. The minimum Gasteiger partial charge on any atom is -0.465 e. The first-order valence-corrected chi connectivity index (χ1v) is 9.35. The summed E-state index contributed by atoms with van der Waals surface area (Å²) in [5.41, 5.74) is 1.40. The zero-order chi connectivity index (χ0) is 17.0. The molecular formula is C20H34O3. The van der Waals surface area contributed by atoms with E-state index in [0.717, 1.165) is 6.42 Å². The van der Waals surface area contributed by atoms with E-state index >= 15 is 0 Å². The van der Waals surface area contributed by atoms with Gasteiger partial charge in [-0.25, -0.2) is 0 Å². The van der Waals surface area contributed by atoms with Gasteiger partial charge in [0.25, 0.3) is 0 Å². The molecule has 0 spiro atoms. The van der Waals surface area contributed by atoms with Gasteiger partial charge in [0.1, 0.15) is 0 Å². The smallest absolute Gasteiger partial charge is 0.302 e. The van der Waals surface area contributed by atoms with Gasteiger partial charge in [-0.1, -0.05) is 58.1 Å². The molecular weight excluding hydrogens is 288 g/mol. The molecule has 0 aromatic rings. The first kappa shape index (κ1) is 18.5. The van der Waals surface area contributed by atoms with Crippen LogP contribution in [0.2, 0.25) is 0 Å². The molecule has 0 aromatic carbocycles. The molecule has 0 amide bonds. The number of carbonyl (C=O) groups is 1. The molecule has 1 aliphatic carbocycles. The van der Waals surface area contributed by atoms with E-state index in [4.69, 9.17) is 9.47 Å². The van der Waals surface area contributed by atoms with Crippen LogP contribution in [0.4, 0.5) is 0 Å². The van der Waals surface area contributed by atoms with Crippen molar-refractivity contribution in [3.05, 3.63) is 11.6 Å². The van der Waals surface area contributed by atoms with Gasteiger partial charge in [0.15, 0.2) is 0 Å². The molecule has 1 aliphatic heterocycles. The molecule has 1 saturated heterocycles. The molecule has 132 valence electrons. The van der Waals surface area contributed by atoms with Crippen LogP contribution < -0.4 is 0 Å². The van der Waals surface area contributed by atoms with Crippen LogP contribution in [0.5, 0.6) is 0 Å². The maximum absolute atomic E-state index is 11.3. The van der Waals surface area contributed by atoms with E-state index in [9.17, 15) is 4.79 Å². The Hall–Kier alpha value is -0.830. The lowest BCUT2D eigenvalue weighted by Gasteiger charge is -2.55. The molecule has 0 unspecified atom stereocenters. The van der Waals surface area contributed by atoms with Crippen LogP contribution in [0.25, 0.3) is 0 Å². The first-order valence-electron chi connectivity index (χ1n) is 9.35. The molecule has 0 saturated carbocycles. The van der Waals surface area contributed by atoms with Crippen molar-refractivity contribution < 1.29 is 14.3 Å². The molecule has 1 heterocycles. The Bertz CT molecular complexity index is 442. The Morgan fingerprint density at radius 1 is 1.35 bits per heavy atom. The van der Waals surface area contributed by atoms with Gasteiger partial charge in [-0.15, -0.1) is 0 Å². The predicted octanol–water partition coefficient (Wildman–Crippen LogP) is 4.75. The number of esters is 1. The van der Waals surface area contributed by atoms with Crippen LogP contribution in [-0.2, 0) is 14.3 Å². The maximum atomic E-state index is 11.3. The van der Waals surface area contributed by atoms with E-state index in [1.807, 2.05) is 0 Å². The third-order valence-electron chi connectivity index (χ3n) is 6.24. The van der Waals surface area contributed by atoms with Crippen LogP contribution in [0.1, 0.15) is 66.7 Å². The number of unbranched alkanes of at least 4 members (excludes halogenated alkanes) is 3. The lowest BCUT2D eigenvalue weighted by atomic mass is 9.56. The third-order valence-corrected chi connectivity index (χ3v) is 6.24. The summed E-state index contributed by atoms with van der Waals surface area (Å²) >= 11 is 0. The van der Waals surface area contributed by atoms with E-state index in [1.165, 1.54) is 38.2 Å². The van der Waals surface area contributed by atoms with Crippen molar-refractivity contribution in [1.29, 1.82) is 0 Å². The lowest BCUT2D eigenvalue weighted by Crippen LogP contribution is -2.56. The van der Waals surface area contributed by atoms with Crippen molar-refractivity contribution in [3.8, 4) is 0 Å². The second kappa shape index (κ2) is 7.83. The van der Waals surface area contributed by atoms with Crippen molar-refractivity contribution >= 4 is 5.97 Å². The Labute approximate surface area is 141 Å². The Morgan fingerprint density at radius 2 is 2.09 bits per heavy atom.